The summed E-state index contributed by atoms with van der Waals surface area (Å²) < 4.78 is 0. The number of amides is 1. The predicted molar refractivity (Wildman–Crippen MR) is 69.3 cm³/mol. The molecular formula is C13H17N3O3. The molecule has 0 aromatic carbocycles. The molecule has 2 rings (SSSR count). The summed E-state index contributed by atoms with van der Waals surface area (Å²) in [5.74, 6) is -1.28. The Morgan fingerprint density at radius 2 is 2.21 bits per heavy atom. The first-order valence-corrected chi connectivity index (χ1v) is 6.17. The molecule has 19 heavy (non-hydrogen) atoms. The highest BCUT2D eigenvalue weighted by Gasteiger charge is 2.22. The van der Waals surface area contributed by atoms with E-state index in [9.17, 15) is 9.59 Å². The zero-order chi connectivity index (χ0) is 14.0. The summed E-state index contributed by atoms with van der Waals surface area (Å²) in [6, 6.07) is 3.00. The quantitative estimate of drug-likeness (QED) is 0.831. The Bertz CT molecular complexity index is 516. The Morgan fingerprint density at radius 3 is 2.74 bits per heavy atom. The molecule has 1 aromatic heterocycles. The fourth-order valence-electron chi connectivity index (χ4n) is 2.23. The minimum atomic E-state index is -1.03. The average Bonchev–Trinajstić information content (AvgIpc) is 2.74. The van der Waals surface area contributed by atoms with Crippen LogP contribution in [-0.2, 0) is 0 Å². The molecule has 1 fully saturated rings. The van der Waals surface area contributed by atoms with E-state index in [4.69, 9.17) is 5.11 Å². The van der Waals surface area contributed by atoms with Gasteiger partial charge in [0, 0.05) is 12.6 Å². The van der Waals surface area contributed by atoms with Crippen molar-refractivity contribution in [2.75, 3.05) is 20.1 Å². The second-order valence-electron chi connectivity index (χ2n) is 4.86. The molecule has 1 aliphatic rings. The van der Waals surface area contributed by atoms with Crippen LogP contribution < -0.4 is 5.32 Å². The van der Waals surface area contributed by atoms with Gasteiger partial charge in [0.1, 0.15) is 5.69 Å². The SMILES string of the molecule is Cc1nc(C(=O)NC2CCN(C)C2)ccc1C(=O)O. The average molecular weight is 263 g/mol. The molecular weight excluding hydrogens is 246 g/mol. The molecule has 0 spiro atoms. The van der Waals surface area contributed by atoms with Crippen LogP contribution in [0.1, 0.15) is 33.0 Å². The number of aryl methyl sites for hydroxylation is 1. The number of nitrogens with zero attached hydrogens (tertiary/aromatic N) is 2. The van der Waals surface area contributed by atoms with E-state index in [1.165, 1.54) is 12.1 Å². The van der Waals surface area contributed by atoms with Gasteiger partial charge >= 0.3 is 5.97 Å². The van der Waals surface area contributed by atoms with Crippen molar-refractivity contribution in [2.45, 2.75) is 19.4 Å². The van der Waals surface area contributed by atoms with Gasteiger partial charge in [-0.1, -0.05) is 0 Å². The lowest BCUT2D eigenvalue weighted by molar-refractivity contribution is 0.0694. The minimum Gasteiger partial charge on any atom is -0.478 e. The normalized spacial score (nSPS) is 19.4. The molecule has 6 heteroatoms. The lowest BCUT2D eigenvalue weighted by Gasteiger charge is -2.12. The molecule has 1 aliphatic heterocycles. The van der Waals surface area contributed by atoms with Gasteiger partial charge in [-0.2, -0.15) is 0 Å². The Labute approximate surface area is 111 Å². The Hall–Kier alpha value is -1.95. The number of aromatic carboxylic acids is 1. The third kappa shape index (κ3) is 3.08. The van der Waals surface area contributed by atoms with Gasteiger partial charge in [0.2, 0.25) is 0 Å². The summed E-state index contributed by atoms with van der Waals surface area (Å²) >= 11 is 0. The second-order valence-corrected chi connectivity index (χ2v) is 4.86. The van der Waals surface area contributed by atoms with Crippen LogP contribution in [0.15, 0.2) is 12.1 Å². The number of hydrogen-bond acceptors (Lipinski definition) is 4. The van der Waals surface area contributed by atoms with Crippen LogP contribution in [-0.4, -0.2) is 53.0 Å². The topological polar surface area (TPSA) is 82.5 Å². The molecule has 0 saturated carbocycles. The summed E-state index contributed by atoms with van der Waals surface area (Å²) in [4.78, 5) is 29.1. The number of carboxylic acids is 1. The van der Waals surface area contributed by atoms with Crippen molar-refractivity contribution < 1.29 is 14.7 Å². The van der Waals surface area contributed by atoms with Crippen LogP contribution in [0.3, 0.4) is 0 Å². The van der Waals surface area contributed by atoms with Gasteiger partial charge in [-0.25, -0.2) is 9.78 Å². The highest BCUT2D eigenvalue weighted by molar-refractivity contribution is 5.94. The van der Waals surface area contributed by atoms with Gasteiger partial charge in [0.15, 0.2) is 0 Å². The van der Waals surface area contributed by atoms with Crippen molar-refractivity contribution in [1.29, 1.82) is 0 Å². The molecule has 102 valence electrons. The molecule has 1 unspecified atom stereocenters. The fraction of sp³-hybridized carbons (Fsp3) is 0.462. The maximum atomic E-state index is 12.0. The predicted octanol–water partition coefficient (Wildman–Crippen LogP) is 0.522. The van der Waals surface area contributed by atoms with Crippen LogP contribution in [0.25, 0.3) is 0 Å². The van der Waals surface area contributed by atoms with Crippen molar-refractivity contribution in [2.24, 2.45) is 0 Å². The van der Waals surface area contributed by atoms with E-state index >= 15 is 0 Å². The minimum absolute atomic E-state index is 0.122. The molecule has 0 radical (unpaired) electrons. The van der Waals surface area contributed by atoms with Crippen molar-refractivity contribution in [3.8, 4) is 0 Å². The number of nitrogens with one attached hydrogen (secondary N) is 1. The Kier molecular flexibility index (Phi) is 3.80. The zero-order valence-corrected chi connectivity index (χ0v) is 11.0. The van der Waals surface area contributed by atoms with E-state index in [1.54, 1.807) is 6.92 Å². The first-order chi connectivity index (χ1) is 8.97. The number of hydrogen-bond donors (Lipinski definition) is 2. The van der Waals surface area contributed by atoms with Crippen molar-refractivity contribution in [1.82, 2.24) is 15.2 Å². The van der Waals surface area contributed by atoms with Crippen LogP contribution in [0.2, 0.25) is 0 Å². The number of aromatic nitrogens is 1. The van der Waals surface area contributed by atoms with Gasteiger partial charge in [-0.05, 0) is 39.1 Å². The molecule has 1 amide bonds. The van der Waals surface area contributed by atoms with Gasteiger partial charge in [0.05, 0.1) is 11.3 Å². The van der Waals surface area contributed by atoms with Gasteiger partial charge in [0.25, 0.3) is 5.91 Å². The molecule has 1 atom stereocenters. The van der Waals surface area contributed by atoms with E-state index in [0.29, 0.717) is 5.69 Å². The fourth-order valence-corrected chi connectivity index (χ4v) is 2.23. The number of likely N-dealkylation sites (tertiary alicyclic amines) is 1. The third-order valence-electron chi connectivity index (χ3n) is 3.28. The molecule has 1 saturated heterocycles. The standard InChI is InChI=1S/C13H17N3O3/c1-8-10(13(18)19)3-4-11(14-8)12(17)15-9-5-6-16(2)7-9/h3-4,9H,5-7H2,1-2H3,(H,15,17)(H,18,19). The van der Waals surface area contributed by atoms with E-state index < -0.39 is 5.97 Å². The maximum absolute atomic E-state index is 12.0. The summed E-state index contributed by atoms with van der Waals surface area (Å²) in [6.07, 6.45) is 0.925. The van der Waals surface area contributed by atoms with Crippen LogP contribution in [0.4, 0.5) is 0 Å². The molecule has 1 aromatic rings. The van der Waals surface area contributed by atoms with Crippen molar-refractivity contribution >= 4 is 11.9 Å². The number of pyridine rings is 1. The maximum Gasteiger partial charge on any atom is 0.337 e. The van der Waals surface area contributed by atoms with Crippen molar-refractivity contribution in [3.05, 3.63) is 29.1 Å². The van der Waals surface area contributed by atoms with Crippen LogP contribution in [0, 0.1) is 6.92 Å². The third-order valence-corrected chi connectivity index (χ3v) is 3.28. The zero-order valence-electron chi connectivity index (χ0n) is 11.0. The molecule has 0 bridgehead atoms. The lowest BCUT2D eigenvalue weighted by atomic mass is 10.1. The molecule has 2 heterocycles. The van der Waals surface area contributed by atoms with E-state index in [2.05, 4.69) is 15.2 Å². The largest absolute Gasteiger partial charge is 0.478 e. The molecule has 2 N–H and O–H groups in total. The number of rotatable bonds is 3. The number of carbonyl (C=O) groups is 2. The van der Waals surface area contributed by atoms with Crippen molar-refractivity contribution in [3.63, 3.8) is 0 Å². The number of carboxylic acid groups (broad SMARTS) is 1. The van der Waals surface area contributed by atoms with Gasteiger partial charge < -0.3 is 15.3 Å². The van der Waals surface area contributed by atoms with E-state index in [0.717, 1.165) is 19.5 Å². The highest BCUT2D eigenvalue weighted by atomic mass is 16.4. The van der Waals surface area contributed by atoms with Gasteiger partial charge in [-0.3, -0.25) is 4.79 Å². The Balaban J connectivity index is 2.07. The van der Waals surface area contributed by atoms with Crippen LogP contribution >= 0.6 is 0 Å². The first kappa shape index (κ1) is 13.5. The Morgan fingerprint density at radius 1 is 1.47 bits per heavy atom. The van der Waals surface area contributed by atoms with E-state index in [1.807, 2.05) is 7.05 Å². The first-order valence-electron chi connectivity index (χ1n) is 6.17. The smallest absolute Gasteiger partial charge is 0.337 e. The summed E-state index contributed by atoms with van der Waals surface area (Å²) in [5.41, 5.74) is 0.734. The number of carbonyl (C=O) groups excluding carboxylic acids is 1. The lowest BCUT2D eigenvalue weighted by Crippen LogP contribution is -2.37. The van der Waals surface area contributed by atoms with Gasteiger partial charge in [-0.15, -0.1) is 0 Å². The molecule has 0 aliphatic carbocycles. The summed E-state index contributed by atoms with van der Waals surface area (Å²) in [7, 11) is 2.01. The monoisotopic (exact) mass is 263 g/mol. The molecule has 6 nitrogen and oxygen atoms in total. The number of likely N-dealkylation sites (N-methyl/N-ethyl adjacent to an activating group) is 1. The highest BCUT2D eigenvalue weighted by Crippen LogP contribution is 2.09. The summed E-state index contributed by atoms with van der Waals surface area (Å²) in [6.45, 7) is 3.39. The summed E-state index contributed by atoms with van der Waals surface area (Å²) in [5, 5.41) is 11.8. The second kappa shape index (κ2) is 5.36. The van der Waals surface area contributed by atoms with Crippen LogP contribution in [0.5, 0.6) is 0 Å². The van der Waals surface area contributed by atoms with E-state index in [-0.39, 0.29) is 23.2 Å².